The third-order valence-electron chi connectivity index (χ3n) is 6.23. The number of amides is 3. The third kappa shape index (κ3) is 7.86. The minimum atomic E-state index is -3.00. The SMILES string of the molecule is CN1CCN(CC(=O)N=S(C)(=O)c2ccc(C(=O)Nc3ccc(Cl)cc3C(=O)Nc3ccc(Cl)cn3)cc2)CC1. The van der Waals surface area contributed by atoms with Crippen molar-refractivity contribution in [3.8, 4) is 0 Å². The lowest BCUT2D eigenvalue weighted by Crippen LogP contribution is -2.46. The lowest BCUT2D eigenvalue weighted by Gasteiger charge is -2.31. The van der Waals surface area contributed by atoms with Crippen molar-refractivity contribution < 1.29 is 18.6 Å². The molecule has 4 rings (SSSR count). The Balaban J connectivity index is 1.45. The molecule has 1 saturated heterocycles. The molecule has 1 aromatic heterocycles. The zero-order valence-corrected chi connectivity index (χ0v) is 24.2. The van der Waals surface area contributed by atoms with Crippen LogP contribution in [0, 0.1) is 0 Å². The molecule has 0 aliphatic carbocycles. The monoisotopic (exact) mass is 602 g/mol. The minimum absolute atomic E-state index is 0.115. The highest BCUT2D eigenvalue weighted by Crippen LogP contribution is 2.23. The summed E-state index contributed by atoms with van der Waals surface area (Å²) in [6.07, 6.45) is 2.80. The van der Waals surface area contributed by atoms with Crippen LogP contribution in [0.5, 0.6) is 0 Å². The lowest BCUT2D eigenvalue weighted by atomic mass is 10.1. The number of halogens is 2. The Labute approximate surface area is 242 Å². The van der Waals surface area contributed by atoms with Crippen molar-refractivity contribution in [2.75, 3.05) is 56.7 Å². The van der Waals surface area contributed by atoms with Crippen molar-refractivity contribution in [2.45, 2.75) is 4.90 Å². The van der Waals surface area contributed by atoms with Crippen molar-refractivity contribution >= 4 is 62.2 Å². The number of carbonyl (C=O) groups excluding carboxylic acids is 3. The summed E-state index contributed by atoms with van der Waals surface area (Å²) < 4.78 is 17.2. The Morgan fingerprint density at radius 1 is 0.925 bits per heavy atom. The summed E-state index contributed by atoms with van der Waals surface area (Å²) in [5.74, 6) is -1.20. The molecule has 1 atom stereocenters. The molecule has 0 saturated carbocycles. The Kier molecular flexibility index (Phi) is 9.54. The maximum absolute atomic E-state index is 13.2. The Morgan fingerprint density at radius 3 is 2.25 bits per heavy atom. The van der Waals surface area contributed by atoms with E-state index in [9.17, 15) is 18.6 Å². The molecule has 2 heterocycles. The number of rotatable bonds is 7. The van der Waals surface area contributed by atoms with Gasteiger partial charge in [0.2, 0.25) is 0 Å². The first-order valence-corrected chi connectivity index (χ1v) is 15.0. The number of nitrogens with one attached hydrogen (secondary N) is 2. The van der Waals surface area contributed by atoms with Crippen LogP contribution < -0.4 is 10.6 Å². The Hall–Kier alpha value is -3.35. The van der Waals surface area contributed by atoms with Gasteiger partial charge in [0.05, 0.1) is 32.5 Å². The molecule has 13 heteroatoms. The second kappa shape index (κ2) is 12.9. The van der Waals surface area contributed by atoms with Crippen LogP contribution in [-0.4, -0.2) is 82.7 Å². The zero-order chi connectivity index (χ0) is 28.9. The molecule has 0 bridgehead atoms. The number of piperazine rings is 1. The molecule has 2 aromatic carbocycles. The lowest BCUT2D eigenvalue weighted by molar-refractivity contribution is -0.119. The van der Waals surface area contributed by atoms with E-state index in [4.69, 9.17) is 23.2 Å². The molecule has 1 fully saturated rings. The summed E-state index contributed by atoms with van der Waals surface area (Å²) in [5.41, 5.74) is 0.612. The fourth-order valence-corrected chi connectivity index (χ4v) is 5.45. The van der Waals surface area contributed by atoms with Gasteiger partial charge < -0.3 is 15.5 Å². The molecule has 210 valence electrons. The molecule has 1 unspecified atom stereocenters. The van der Waals surface area contributed by atoms with Crippen LogP contribution in [0.1, 0.15) is 20.7 Å². The average Bonchev–Trinajstić information content (AvgIpc) is 2.92. The number of anilines is 2. The van der Waals surface area contributed by atoms with E-state index in [0.717, 1.165) is 26.2 Å². The summed E-state index contributed by atoms with van der Waals surface area (Å²) in [6, 6.07) is 13.6. The fourth-order valence-electron chi connectivity index (χ4n) is 3.97. The third-order valence-corrected chi connectivity index (χ3v) is 8.39. The van der Waals surface area contributed by atoms with Gasteiger partial charge in [-0.3, -0.25) is 19.3 Å². The van der Waals surface area contributed by atoms with Crippen LogP contribution in [0.25, 0.3) is 0 Å². The molecule has 2 N–H and O–H groups in total. The second-order valence-corrected chi connectivity index (χ2v) is 12.5. The molecule has 1 aliphatic heterocycles. The predicted octanol–water partition coefficient (Wildman–Crippen LogP) is 4.12. The highest BCUT2D eigenvalue weighted by molar-refractivity contribution is 7.93. The molecule has 3 amide bonds. The highest BCUT2D eigenvalue weighted by atomic mass is 35.5. The van der Waals surface area contributed by atoms with E-state index in [-0.39, 0.29) is 29.2 Å². The van der Waals surface area contributed by atoms with E-state index < -0.39 is 27.5 Å². The first kappa shape index (κ1) is 29.6. The average molecular weight is 604 g/mol. The number of aromatic nitrogens is 1. The van der Waals surface area contributed by atoms with E-state index in [1.54, 1.807) is 18.2 Å². The van der Waals surface area contributed by atoms with Gasteiger partial charge in [-0.25, -0.2) is 9.19 Å². The van der Waals surface area contributed by atoms with Gasteiger partial charge in [-0.2, -0.15) is 4.36 Å². The predicted molar refractivity (Wildman–Crippen MR) is 157 cm³/mol. The zero-order valence-electron chi connectivity index (χ0n) is 21.9. The van der Waals surface area contributed by atoms with E-state index in [1.165, 1.54) is 48.9 Å². The maximum Gasteiger partial charge on any atom is 0.268 e. The first-order chi connectivity index (χ1) is 19.0. The van der Waals surface area contributed by atoms with Crippen LogP contribution in [0.4, 0.5) is 11.5 Å². The van der Waals surface area contributed by atoms with Crippen molar-refractivity contribution in [3.63, 3.8) is 0 Å². The van der Waals surface area contributed by atoms with Crippen molar-refractivity contribution in [3.05, 3.63) is 82.0 Å². The molecule has 0 spiro atoms. The smallest absolute Gasteiger partial charge is 0.268 e. The summed E-state index contributed by atoms with van der Waals surface area (Å²) >= 11 is 11.9. The van der Waals surface area contributed by atoms with Crippen molar-refractivity contribution in [1.29, 1.82) is 0 Å². The number of likely N-dealkylation sites (N-methyl/N-ethyl adjacent to an activating group) is 1. The molecular weight excluding hydrogens is 575 g/mol. The number of benzene rings is 2. The molecule has 10 nitrogen and oxygen atoms in total. The molecular formula is C27H28Cl2N6O4S. The van der Waals surface area contributed by atoms with Gasteiger partial charge in [0.1, 0.15) is 5.82 Å². The summed E-state index contributed by atoms with van der Waals surface area (Å²) in [5, 5.41) is 6.08. The van der Waals surface area contributed by atoms with Gasteiger partial charge in [0.25, 0.3) is 17.7 Å². The number of hydrogen-bond donors (Lipinski definition) is 2. The van der Waals surface area contributed by atoms with Crippen LogP contribution in [-0.2, 0) is 14.5 Å². The van der Waals surface area contributed by atoms with Gasteiger partial charge in [-0.05, 0) is 61.6 Å². The van der Waals surface area contributed by atoms with Crippen LogP contribution >= 0.6 is 23.2 Å². The summed E-state index contributed by atoms with van der Waals surface area (Å²) in [7, 11) is -0.977. The number of hydrogen-bond acceptors (Lipinski definition) is 7. The largest absolute Gasteiger partial charge is 0.321 e. The van der Waals surface area contributed by atoms with Gasteiger partial charge in [0.15, 0.2) is 0 Å². The van der Waals surface area contributed by atoms with Gasteiger partial charge >= 0.3 is 0 Å². The molecule has 3 aromatic rings. The molecule has 1 aliphatic rings. The van der Waals surface area contributed by atoms with Crippen molar-refractivity contribution in [1.82, 2.24) is 14.8 Å². The van der Waals surface area contributed by atoms with Crippen molar-refractivity contribution in [2.24, 2.45) is 4.36 Å². The quantitative estimate of drug-likeness (QED) is 0.417. The number of pyridine rings is 1. The topological polar surface area (TPSA) is 124 Å². The van der Waals surface area contributed by atoms with Crippen LogP contribution in [0.15, 0.2) is 70.1 Å². The second-order valence-electron chi connectivity index (χ2n) is 9.35. The van der Waals surface area contributed by atoms with E-state index in [1.807, 2.05) is 11.9 Å². The Morgan fingerprint density at radius 2 is 1.60 bits per heavy atom. The number of nitrogens with zero attached hydrogens (tertiary/aromatic N) is 4. The van der Waals surface area contributed by atoms with E-state index in [0.29, 0.717) is 14.9 Å². The van der Waals surface area contributed by atoms with Crippen LogP contribution in [0.2, 0.25) is 10.0 Å². The van der Waals surface area contributed by atoms with Crippen LogP contribution in [0.3, 0.4) is 0 Å². The summed E-state index contributed by atoms with van der Waals surface area (Å²) in [4.78, 5) is 46.9. The maximum atomic E-state index is 13.2. The standard InChI is InChI=1S/C27H28Cl2N6O4S/c1-34-11-13-35(14-12-34)17-25(36)33-40(2,39)21-7-3-18(4-8-21)26(37)31-23-9-5-19(28)15-22(23)27(38)32-24-10-6-20(29)16-30-24/h3-10,15-16H,11-14,17H2,1-2H3,(H,31,37)(H,30,32,38). The minimum Gasteiger partial charge on any atom is -0.321 e. The molecule has 0 radical (unpaired) electrons. The van der Waals surface area contributed by atoms with E-state index in [2.05, 4.69) is 24.9 Å². The molecule has 40 heavy (non-hydrogen) atoms. The highest BCUT2D eigenvalue weighted by Gasteiger charge is 2.19. The van der Waals surface area contributed by atoms with Gasteiger partial charge in [-0.15, -0.1) is 0 Å². The van der Waals surface area contributed by atoms with Gasteiger partial charge in [0, 0.05) is 54.1 Å². The Bertz CT molecular complexity index is 1530. The summed E-state index contributed by atoms with van der Waals surface area (Å²) in [6.45, 7) is 3.34. The normalized spacial score (nSPS) is 15.6. The first-order valence-electron chi connectivity index (χ1n) is 12.3. The number of carbonyl (C=O) groups is 3. The van der Waals surface area contributed by atoms with E-state index >= 15 is 0 Å². The van der Waals surface area contributed by atoms with Gasteiger partial charge in [-0.1, -0.05) is 23.2 Å². The fraction of sp³-hybridized carbons (Fsp3) is 0.259.